The van der Waals surface area contributed by atoms with Crippen molar-refractivity contribution in [2.75, 3.05) is 11.9 Å². The first-order valence-electron chi connectivity index (χ1n) is 8.97. The fourth-order valence-corrected chi connectivity index (χ4v) is 4.96. The first-order chi connectivity index (χ1) is 13.0. The number of fused-ring (bicyclic) bond motifs is 1. The number of nitriles is 1. The van der Waals surface area contributed by atoms with Gasteiger partial charge in [-0.3, -0.25) is 4.79 Å². The van der Waals surface area contributed by atoms with Crippen LogP contribution in [0.5, 0.6) is 5.75 Å². The minimum atomic E-state index is -0.249. The second-order valence-electron chi connectivity index (χ2n) is 6.61. The molecule has 1 unspecified atom stereocenters. The van der Waals surface area contributed by atoms with Crippen molar-refractivity contribution in [1.29, 1.82) is 5.26 Å². The fourth-order valence-electron chi connectivity index (χ4n) is 3.21. The fraction of sp³-hybridized carbons (Fsp3) is 0.333. The Balaban J connectivity index is 1.78. The Labute approximate surface area is 172 Å². The number of benzene rings is 1. The molecule has 1 aromatic heterocycles. The van der Waals surface area contributed by atoms with E-state index in [1.807, 2.05) is 25.1 Å². The molecular formula is C21H21BrN2O2S. The Hall–Kier alpha value is -2.10. The topological polar surface area (TPSA) is 62.1 Å². The van der Waals surface area contributed by atoms with E-state index in [0.717, 1.165) is 40.6 Å². The first kappa shape index (κ1) is 19.7. The Morgan fingerprint density at radius 1 is 1.52 bits per heavy atom. The zero-order valence-corrected chi connectivity index (χ0v) is 17.7. The average molecular weight is 445 g/mol. The molecule has 0 saturated carbocycles. The lowest BCUT2D eigenvalue weighted by Crippen LogP contribution is -2.10. The molecule has 6 heteroatoms. The molecule has 0 fully saturated rings. The number of halogens is 1. The van der Waals surface area contributed by atoms with Crippen molar-refractivity contribution in [2.24, 2.45) is 5.92 Å². The van der Waals surface area contributed by atoms with Crippen molar-refractivity contribution < 1.29 is 9.53 Å². The number of ether oxygens (including phenoxy) is 1. The summed E-state index contributed by atoms with van der Waals surface area (Å²) < 4.78 is 6.51. The molecule has 1 amide bonds. The summed E-state index contributed by atoms with van der Waals surface area (Å²) in [5, 5.41) is 13.1. The van der Waals surface area contributed by atoms with Crippen molar-refractivity contribution in [3.05, 3.63) is 50.3 Å². The van der Waals surface area contributed by atoms with E-state index in [-0.39, 0.29) is 5.91 Å². The second kappa shape index (κ2) is 8.73. The van der Waals surface area contributed by atoms with Gasteiger partial charge in [-0.2, -0.15) is 5.26 Å². The monoisotopic (exact) mass is 444 g/mol. The lowest BCUT2D eigenvalue weighted by Gasteiger charge is -2.17. The number of nitrogens with one attached hydrogen (secondary N) is 1. The highest BCUT2D eigenvalue weighted by molar-refractivity contribution is 9.10. The largest absolute Gasteiger partial charge is 0.493 e. The van der Waals surface area contributed by atoms with Crippen LogP contribution in [0.4, 0.5) is 5.00 Å². The van der Waals surface area contributed by atoms with Gasteiger partial charge >= 0.3 is 0 Å². The molecule has 0 spiro atoms. The van der Waals surface area contributed by atoms with Crippen LogP contribution in [0.2, 0.25) is 0 Å². The molecule has 1 aliphatic carbocycles. The highest BCUT2D eigenvalue weighted by Gasteiger charge is 2.24. The maximum Gasteiger partial charge on any atom is 0.249 e. The Morgan fingerprint density at radius 3 is 3.07 bits per heavy atom. The SMILES string of the molecule is CCOc1ccc(Br)cc1/C=C/C(=O)Nc1sc2c(c1C#N)CCC(C)C2. The Bertz CT molecular complexity index is 927. The van der Waals surface area contributed by atoms with Gasteiger partial charge < -0.3 is 10.1 Å². The molecule has 0 radical (unpaired) electrons. The highest BCUT2D eigenvalue weighted by atomic mass is 79.9. The van der Waals surface area contributed by atoms with Crippen LogP contribution in [-0.2, 0) is 17.6 Å². The standard InChI is InChI=1S/C21H21BrN2O2S/c1-3-26-18-8-6-15(22)11-14(18)5-9-20(25)24-21-17(12-23)16-7-4-13(2)10-19(16)27-21/h5-6,8-9,11,13H,3-4,7,10H2,1-2H3,(H,24,25)/b9-5+. The quantitative estimate of drug-likeness (QED) is 0.614. The van der Waals surface area contributed by atoms with Crippen molar-refractivity contribution in [3.8, 4) is 11.8 Å². The Morgan fingerprint density at radius 2 is 2.33 bits per heavy atom. The van der Waals surface area contributed by atoms with Gasteiger partial charge in [0, 0.05) is 21.0 Å². The highest BCUT2D eigenvalue weighted by Crippen LogP contribution is 2.39. The number of amides is 1. The average Bonchev–Trinajstić information content (AvgIpc) is 2.97. The van der Waals surface area contributed by atoms with Gasteiger partial charge in [0.1, 0.15) is 16.8 Å². The molecule has 1 aromatic carbocycles. The molecule has 1 atom stereocenters. The predicted molar refractivity (Wildman–Crippen MR) is 113 cm³/mol. The number of carbonyl (C=O) groups is 1. The predicted octanol–water partition coefficient (Wildman–Crippen LogP) is 5.56. The van der Waals surface area contributed by atoms with Crippen LogP contribution in [0.3, 0.4) is 0 Å². The zero-order chi connectivity index (χ0) is 19.4. The van der Waals surface area contributed by atoms with Crippen molar-refractivity contribution >= 4 is 44.3 Å². The minimum absolute atomic E-state index is 0.249. The molecule has 140 valence electrons. The summed E-state index contributed by atoms with van der Waals surface area (Å²) in [5.74, 6) is 1.10. The third-order valence-electron chi connectivity index (χ3n) is 4.55. The van der Waals surface area contributed by atoms with E-state index in [9.17, 15) is 10.1 Å². The zero-order valence-electron chi connectivity index (χ0n) is 15.3. The lowest BCUT2D eigenvalue weighted by atomic mass is 9.89. The maximum atomic E-state index is 12.4. The number of anilines is 1. The Kier molecular flexibility index (Phi) is 6.35. The van der Waals surface area contributed by atoms with Gasteiger partial charge in [0.2, 0.25) is 5.91 Å². The van der Waals surface area contributed by atoms with Crippen LogP contribution in [-0.4, -0.2) is 12.5 Å². The number of carbonyl (C=O) groups excluding carboxylic acids is 1. The number of thiophene rings is 1. The summed E-state index contributed by atoms with van der Waals surface area (Å²) >= 11 is 4.97. The van der Waals surface area contributed by atoms with E-state index >= 15 is 0 Å². The summed E-state index contributed by atoms with van der Waals surface area (Å²) in [5.41, 5.74) is 2.56. The van der Waals surface area contributed by atoms with Crippen molar-refractivity contribution in [2.45, 2.75) is 33.1 Å². The minimum Gasteiger partial charge on any atom is -0.493 e. The lowest BCUT2D eigenvalue weighted by molar-refractivity contribution is -0.111. The van der Waals surface area contributed by atoms with Crippen LogP contribution in [0.25, 0.3) is 6.08 Å². The van der Waals surface area contributed by atoms with Gasteiger partial charge in [0.05, 0.1) is 12.2 Å². The molecule has 3 rings (SSSR count). The van der Waals surface area contributed by atoms with Gasteiger partial charge in [-0.05, 0) is 61.9 Å². The summed E-state index contributed by atoms with van der Waals surface area (Å²) in [6.45, 7) is 4.70. The molecule has 4 nitrogen and oxygen atoms in total. The van der Waals surface area contributed by atoms with Gasteiger partial charge in [-0.25, -0.2) is 0 Å². The van der Waals surface area contributed by atoms with Crippen molar-refractivity contribution in [3.63, 3.8) is 0 Å². The maximum absolute atomic E-state index is 12.4. The summed E-state index contributed by atoms with van der Waals surface area (Å²) in [4.78, 5) is 13.7. The number of nitrogens with zero attached hydrogens (tertiary/aromatic N) is 1. The molecule has 0 aliphatic heterocycles. The van der Waals surface area contributed by atoms with Crippen LogP contribution in [0, 0.1) is 17.2 Å². The van der Waals surface area contributed by atoms with Gasteiger partial charge in [-0.1, -0.05) is 22.9 Å². The van der Waals surface area contributed by atoms with Crippen LogP contribution < -0.4 is 10.1 Å². The van der Waals surface area contributed by atoms with Crippen LogP contribution >= 0.6 is 27.3 Å². The van der Waals surface area contributed by atoms with Gasteiger partial charge in [0.15, 0.2) is 0 Å². The summed E-state index contributed by atoms with van der Waals surface area (Å²) in [6, 6.07) is 7.95. The first-order valence-corrected chi connectivity index (χ1v) is 10.6. The van der Waals surface area contributed by atoms with E-state index in [0.29, 0.717) is 23.1 Å². The van der Waals surface area contributed by atoms with Crippen molar-refractivity contribution in [1.82, 2.24) is 0 Å². The smallest absolute Gasteiger partial charge is 0.249 e. The number of hydrogen-bond acceptors (Lipinski definition) is 4. The normalized spacial score (nSPS) is 16.0. The molecule has 1 heterocycles. The van der Waals surface area contributed by atoms with E-state index in [1.54, 1.807) is 6.08 Å². The van der Waals surface area contributed by atoms with E-state index in [2.05, 4.69) is 34.2 Å². The molecule has 1 N–H and O–H groups in total. The number of rotatable bonds is 5. The van der Waals surface area contributed by atoms with Gasteiger partial charge in [-0.15, -0.1) is 11.3 Å². The summed E-state index contributed by atoms with van der Waals surface area (Å²) in [6.07, 6.45) is 6.20. The molecular weight excluding hydrogens is 424 g/mol. The van der Waals surface area contributed by atoms with E-state index < -0.39 is 0 Å². The van der Waals surface area contributed by atoms with E-state index in [4.69, 9.17) is 4.74 Å². The second-order valence-corrected chi connectivity index (χ2v) is 8.63. The molecule has 2 aromatic rings. The molecule has 1 aliphatic rings. The summed E-state index contributed by atoms with van der Waals surface area (Å²) in [7, 11) is 0. The van der Waals surface area contributed by atoms with Gasteiger partial charge in [0.25, 0.3) is 0 Å². The van der Waals surface area contributed by atoms with E-state index in [1.165, 1.54) is 22.3 Å². The molecule has 27 heavy (non-hydrogen) atoms. The number of hydrogen-bond donors (Lipinski definition) is 1. The third-order valence-corrected chi connectivity index (χ3v) is 6.21. The third kappa shape index (κ3) is 4.60. The molecule has 0 saturated heterocycles. The van der Waals surface area contributed by atoms with Crippen LogP contribution in [0.15, 0.2) is 28.7 Å². The van der Waals surface area contributed by atoms with Crippen LogP contribution in [0.1, 0.15) is 41.8 Å². The molecule has 0 bridgehead atoms.